The minimum atomic E-state index is -0.466. The number of nitrogens with zero attached hydrogens (tertiary/aromatic N) is 3. The van der Waals surface area contributed by atoms with Crippen LogP contribution in [0.4, 0.5) is 11.5 Å². The van der Waals surface area contributed by atoms with Crippen molar-refractivity contribution in [2.75, 3.05) is 5.32 Å². The second kappa shape index (κ2) is 8.41. The quantitative estimate of drug-likeness (QED) is 0.362. The maximum Gasteiger partial charge on any atom is 0.269 e. The third-order valence-corrected chi connectivity index (χ3v) is 4.55. The second-order valence-electron chi connectivity index (χ2n) is 5.64. The average molecular weight is 427 g/mol. The van der Waals surface area contributed by atoms with Crippen LogP contribution in [-0.2, 0) is 11.3 Å². The number of nitrogens with one attached hydrogen (secondary N) is 1. The van der Waals surface area contributed by atoms with Gasteiger partial charge in [-0.25, -0.2) is 4.68 Å². The van der Waals surface area contributed by atoms with Gasteiger partial charge in [-0.2, -0.15) is 5.10 Å². The third kappa shape index (κ3) is 4.89. The molecule has 7 nitrogen and oxygen atoms in total. The largest absolute Gasteiger partial charge is 0.307 e. The molecule has 136 valence electrons. The van der Waals surface area contributed by atoms with Crippen LogP contribution in [0, 0.1) is 10.1 Å². The van der Waals surface area contributed by atoms with Gasteiger partial charge in [0.15, 0.2) is 0 Å². The van der Waals surface area contributed by atoms with Gasteiger partial charge in [0.2, 0.25) is 5.91 Å². The summed E-state index contributed by atoms with van der Waals surface area (Å²) in [6, 6.07) is 15.5. The van der Waals surface area contributed by atoms with Gasteiger partial charge in [0, 0.05) is 28.7 Å². The Labute approximate surface area is 163 Å². The minimum Gasteiger partial charge on any atom is -0.307 e. The number of hydrogen-bond donors (Lipinski definition) is 1. The maximum atomic E-state index is 12.2. The van der Waals surface area contributed by atoms with Crippen LogP contribution >= 0.6 is 15.9 Å². The fourth-order valence-electron chi connectivity index (χ4n) is 2.40. The highest BCUT2D eigenvalue weighted by molar-refractivity contribution is 9.10. The van der Waals surface area contributed by atoms with Crippen molar-refractivity contribution < 1.29 is 9.72 Å². The van der Waals surface area contributed by atoms with Crippen LogP contribution < -0.4 is 5.32 Å². The minimum absolute atomic E-state index is 0.00701. The van der Waals surface area contributed by atoms with Gasteiger partial charge in [-0.15, -0.1) is 0 Å². The number of carbonyl (C=O) groups is 1. The lowest BCUT2D eigenvalue weighted by molar-refractivity contribution is -0.384. The molecule has 8 heteroatoms. The molecule has 1 N–H and O–H groups in total. The van der Waals surface area contributed by atoms with Crippen molar-refractivity contribution in [3.8, 4) is 0 Å². The van der Waals surface area contributed by atoms with Crippen molar-refractivity contribution in [1.29, 1.82) is 0 Å². The summed E-state index contributed by atoms with van der Waals surface area (Å²) in [6.07, 6.45) is 4.58. The standard InChI is InChI=1S/C19H15BrN4O3/c20-17-4-2-1-3-15(17)13-23-18(11-12-21-23)22-19(25)10-7-14-5-8-16(9-6-14)24(26)27/h1-12H,13H2,(H,22,25). The van der Waals surface area contributed by atoms with E-state index < -0.39 is 4.92 Å². The summed E-state index contributed by atoms with van der Waals surface area (Å²) in [5, 5.41) is 17.7. The average Bonchev–Trinajstić information content (AvgIpc) is 3.09. The number of halogens is 1. The highest BCUT2D eigenvalue weighted by Crippen LogP contribution is 2.19. The molecule has 0 atom stereocenters. The molecular formula is C19H15BrN4O3. The van der Waals surface area contributed by atoms with Gasteiger partial charge in [-0.1, -0.05) is 34.1 Å². The predicted molar refractivity (Wildman–Crippen MR) is 106 cm³/mol. The number of nitro groups is 1. The Morgan fingerprint density at radius 2 is 1.93 bits per heavy atom. The lowest BCUT2D eigenvalue weighted by Gasteiger charge is -2.09. The summed E-state index contributed by atoms with van der Waals surface area (Å²) in [5.41, 5.74) is 1.74. The number of benzene rings is 2. The number of anilines is 1. The SMILES string of the molecule is O=C(C=Cc1ccc([N+](=O)[O-])cc1)Nc1ccnn1Cc1ccccc1Br. The summed E-state index contributed by atoms with van der Waals surface area (Å²) in [7, 11) is 0. The van der Waals surface area contributed by atoms with Crippen LogP contribution in [0.15, 0.2) is 71.3 Å². The molecule has 3 rings (SSSR count). The van der Waals surface area contributed by atoms with Crippen molar-refractivity contribution in [2.24, 2.45) is 0 Å². The van der Waals surface area contributed by atoms with Gasteiger partial charge < -0.3 is 5.32 Å². The van der Waals surface area contributed by atoms with Crippen LogP contribution in [0.25, 0.3) is 6.08 Å². The molecule has 0 fully saturated rings. The van der Waals surface area contributed by atoms with E-state index in [9.17, 15) is 14.9 Å². The van der Waals surface area contributed by atoms with Crippen LogP contribution in [-0.4, -0.2) is 20.6 Å². The smallest absolute Gasteiger partial charge is 0.269 e. The Kier molecular flexibility index (Phi) is 5.77. The van der Waals surface area contributed by atoms with Crippen LogP contribution in [0.5, 0.6) is 0 Å². The first-order chi connectivity index (χ1) is 13.0. The van der Waals surface area contributed by atoms with E-state index in [1.807, 2.05) is 24.3 Å². The molecule has 1 amide bonds. The Bertz CT molecular complexity index is 996. The molecule has 3 aromatic rings. The number of hydrogen-bond acceptors (Lipinski definition) is 4. The first-order valence-corrected chi connectivity index (χ1v) is 8.81. The van der Waals surface area contributed by atoms with Gasteiger partial charge in [-0.3, -0.25) is 14.9 Å². The van der Waals surface area contributed by atoms with E-state index in [0.29, 0.717) is 17.9 Å². The molecule has 0 saturated carbocycles. The summed E-state index contributed by atoms with van der Waals surface area (Å²) in [6.45, 7) is 0.510. The molecule has 0 aliphatic carbocycles. The van der Waals surface area contributed by atoms with E-state index in [4.69, 9.17) is 0 Å². The molecule has 0 bridgehead atoms. The molecule has 0 saturated heterocycles. The second-order valence-corrected chi connectivity index (χ2v) is 6.49. The topological polar surface area (TPSA) is 90.1 Å². The number of non-ortho nitro benzene ring substituents is 1. The van der Waals surface area contributed by atoms with Gasteiger partial charge in [0.1, 0.15) is 5.82 Å². The van der Waals surface area contributed by atoms with E-state index in [1.165, 1.54) is 18.2 Å². The normalized spacial score (nSPS) is 10.9. The summed E-state index contributed by atoms with van der Waals surface area (Å²) in [4.78, 5) is 22.4. The van der Waals surface area contributed by atoms with Gasteiger partial charge in [0.05, 0.1) is 17.7 Å². The fourth-order valence-corrected chi connectivity index (χ4v) is 2.81. The van der Waals surface area contributed by atoms with Crippen molar-refractivity contribution in [3.05, 3.63) is 92.6 Å². The van der Waals surface area contributed by atoms with Gasteiger partial charge in [0.25, 0.3) is 5.69 Å². The molecule has 0 unspecified atom stereocenters. The predicted octanol–water partition coefficient (Wildman–Crippen LogP) is 4.25. The lowest BCUT2D eigenvalue weighted by atomic mass is 10.2. The Morgan fingerprint density at radius 1 is 1.19 bits per heavy atom. The highest BCUT2D eigenvalue weighted by atomic mass is 79.9. The number of carbonyl (C=O) groups excluding carboxylic acids is 1. The Hall–Kier alpha value is -3.26. The molecule has 27 heavy (non-hydrogen) atoms. The monoisotopic (exact) mass is 426 g/mol. The molecule has 0 radical (unpaired) electrons. The highest BCUT2D eigenvalue weighted by Gasteiger charge is 2.08. The van der Waals surface area contributed by atoms with E-state index in [-0.39, 0.29) is 11.6 Å². The van der Waals surface area contributed by atoms with E-state index in [2.05, 4.69) is 26.3 Å². The van der Waals surface area contributed by atoms with Crippen molar-refractivity contribution in [3.63, 3.8) is 0 Å². The maximum absolute atomic E-state index is 12.2. The zero-order chi connectivity index (χ0) is 19.2. The zero-order valence-electron chi connectivity index (χ0n) is 14.1. The summed E-state index contributed by atoms with van der Waals surface area (Å²) >= 11 is 3.50. The molecule has 1 aromatic heterocycles. The molecule has 0 spiro atoms. The van der Waals surface area contributed by atoms with E-state index in [0.717, 1.165) is 10.0 Å². The lowest BCUT2D eigenvalue weighted by Crippen LogP contribution is -2.14. The van der Waals surface area contributed by atoms with Crippen molar-refractivity contribution in [1.82, 2.24) is 9.78 Å². The zero-order valence-corrected chi connectivity index (χ0v) is 15.7. The Balaban J connectivity index is 1.65. The van der Waals surface area contributed by atoms with E-state index in [1.54, 1.807) is 35.2 Å². The molecular weight excluding hydrogens is 412 g/mol. The number of rotatable bonds is 6. The third-order valence-electron chi connectivity index (χ3n) is 3.78. The summed E-state index contributed by atoms with van der Waals surface area (Å²) < 4.78 is 2.66. The first-order valence-electron chi connectivity index (χ1n) is 8.01. The van der Waals surface area contributed by atoms with Gasteiger partial charge in [-0.05, 0) is 35.4 Å². The van der Waals surface area contributed by atoms with E-state index >= 15 is 0 Å². The van der Waals surface area contributed by atoms with Gasteiger partial charge >= 0.3 is 0 Å². The van der Waals surface area contributed by atoms with Crippen molar-refractivity contribution in [2.45, 2.75) is 6.54 Å². The Morgan fingerprint density at radius 3 is 2.63 bits per heavy atom. The number of nitro benzene ring substituents is 1. The fraction of sp³-hybridized carbons (Fsp3) is 0.0526. The van der Waals surface area contributed by atoms with Crippen LogP contribution in [0.1, 0.15) is 11.1 Å². The molecule has 0 aliphatic rings. The molecule has 0 aliphatic heterocycles. The first kappa shape index (κ1) is 18.5. The number of amides is 1. The van der Waals surface area contributed by atoms with Crippen LogP contribution in [0.3, 0.4) is 0 Å². The van der Waals surface area contributed by atoms with Crippen LogP contribution in [0.2, 0.25) is 0 Å². The van der Waals surface area contributed by atoms with Crippen molar-refractivity contribution >= 4 is 39.4 Å². The molecule has 1 heterocycles. The summed E-state index contributed by atoms with van der Waals surface area (Å²) in [5.74, 6) is 0.256. The number of aromatic nitrogens is 2. The molecule has 2 aromatic carbocycles.